The molecule has 0 saturated carbocycles. The second kappa shape index (κ2) is 8.21. The van der Waals surface area contributed by atoms with E-state index in [0.717, 1.165) is 31.9 Å². The zero-order valence-corrected chi connectivity index (χ0v) is 15.4. The Morgan fingerprint density at radius 3 is 2.38 bits per heavy atom. The van der Waals surface area contributed by atoms with Crippen LogP contribution in [0.25, 0.3) is 0 Å². The molecule has 0 unspecified atom stereocenters. The van der Waals surface area contributed by atoms with Crippen molar-refractivity contribution in [3.05, 3.63) is 65.2 Å². The van der Waals surface area contributed by atoms with Gasteiger partial charge in [-0.2, -0.15) is 0 Å². The number of hydrogen-bond acceptors (Lipinski definition) is 3. The Labute approximate surface area is 156 Å². The number of piperazine rings is 1. The number of nitrogens with zero attached hydrogens (tertiary/aromatic N) is 1. The summed E-state index contributed by atoms with van der Waals surface area (Å²) in [6.07, 6.45) is 0. The summed E-state index contributed by atoms with van der Waals surface area (Å²) >= 11 is 0. The van der Waals surface area contributed by atoms with Gasteiger partial charge in [-0.1, -0.05) is 42.5 Å². The molecular weight excluding hydrogens is 343 g/mol. The van der Waals surface area contributed by atoms with Crippen molar-refractivity contribution in [2.45, 2.75) is 12.0 Å². The van der Waals surface area contributed by atoms with Crippen LogP contribution in [0.5, 0.6) is 5.75 Å². The van der Waals surface area contributed by atoms with Crippen LogP contribution in [-0.4, -0.2) is 38.2 Å². The smallest absolute Gasteiger partial charge is 0.122 e. The Balaban J connectivity index is 0.00000104. The first-order valence-electron chi connectivity index (χ1n) is 8.05. The minimum absolute atomic E-state index is 0. The molecule has 2 heterocycles. The molecular formula is C19H24Cl2N2O. The van der Waals surface area contributed by atoms with E-state index in [9.17, 15) is 0 Å². The van der Waals surface area contributed by atoms with Gasteiger partial charge in [0.2, 0.25) is 0 Å². The first kappa shape index (κ1) is 19.1. The van der Waals surface area contributed by atoms with Crippen LogP contribution >= 0.6 is 24.8 Å². The fraction of sp³-hybridized carbons (Fsp3) is 0.368. The minimum Gasteiger partial charge on any atom is -0.496 e. The van der Waals surface area contributed by atoms with E-state index in [2.05, 4.69) is 52.7 Å². The van der Waals surface area contributed by atoms with E-state index in [1.165, 1.54) is 16.7 Å². The fourth-order valence-corrected chi connectivity index (χ4v) is 3.96. The van der Waals surface area contributed by atoms with Gasteiger partial charge in [-0.3, -0.25) is 4.90 Å². The topological polar surface area (TPSA) is 24.5 Å². The third-order valence-corrected chi connectivity index (χ3v) is 5.02. The molecule has 0 aliphatic carbocycles. The number of nitrogens with one attached hydrogen (secondary N) is 1. The molecule has 2 aromatic carbocycles. The first-order valence-corrected chi connectivity index (χ1v) is 8.05. The first-order chi connectivity index (χ1) is 10.9. The van der Waals surface area contributed by atoms with Crippen molar-refractivity contribution in [1.29, 1.82) is 0 Å². The minimum atomic E-state index is 0. The lowest BCUT2D eigenvalue weighted by molar-refractivity contribution is 0.142. The van der Waals surface area contributed by atoms with E-state index in [1.54, 1.807) is 7.11 Å². The number of methoxy groups -OCH3 is 1. The standard InChI is InChI=1S/C19H22N2O.2ClH/c1-22-19-9-5-4-8-16(19)17-13-21-11-10-20-12-18(21)15-7-3-2-6-14(15)17;;/h2-9,17-18,20H,10-13H2,1H3;2*1H/t17-,18-;;/m1../s1. The predicted molar refractivity (Wildman–Crippen MR) is 103 cm³/mol. The van der Waals surface area contributed by atoms with Crippen molar-refractivity contribution in [2.24, 2.45) is 0 Å². The Kier molecular flexibility index (Phi) is 6.53. The lowest BCUT2D eigenvalue weighted by Gasteiger charge is -2.44. The molecule has 5 heteroatoms. The van der Waals surface area contributed by atoms with E-state index >= 15 is 0 Å². The van der Waals surface area contributed by atoms with Crippen LogP contribution in [0.3, 0.4) is 0 Å². The van der Waals surface area contributed by atoms with Gasteiger partial charge in [0, 0.05) is 43.7 Å². The Hall–Kier alpha value is -1.26. The van der Waals surface area contributed by atoms with Crippen LogP contribution in [0.1, 0.15) is 28.7 Å². The number of ether oxygens (including phenoxy) is 1. The number of halogens is 2. The monoisotopic (exact) mass is 366 g/mol. The summed E-state index contributed by atoms with van der Waals surface area (Å²) in [5.41, 5.74) is 4.23. The molecule has 2 aliphatic heterocycles. The van der Waals surface area contributed by atoms with Crippen LogP contribution in [0.4, 0.5) is 0 Å². The molecule has 3 nitrogen and oxygen atoms in total. The maximum Gasteiger partial charge on any atom is 0.122 e. The highest BCUT2D eigenvalue weighted by atomic mass is 35.5. The van der Waals surface area contributed by atoms with Crippen LogP contribution in [0.2, 0.25) is 0 Å². The molecule has 24 heavy (non-hydrogen) atoms. The van der Waals surface area contributed by atoms with Crippen LogP contribution in [-0.2, 0) is 0 Å². The van der Waals surface area contributed by atoms with Gasteiger partial charge in [-0.15, -0.1) is 24.8 Å². The quantitative estimate of drug-likeness (QED) is 0.877. The molecule has 2 atom stereocenters. The number of rotatable bonds is 2. The Morgan fingerprint density at radius 2 is 1.62 bits per heavy atom. The third-order valence-electron chi connectivity index (χ3n) is 5.02. The van der Waals surface area contributed by atoms with Gasteiger partial charge >= 0.3 is 0 Å². The van der Waals surface area contributed by atoms with E-state index < -0.39 is 0 Å². The van der Waals surface area contributed by atoms with Crippen molar-refractivity contribution in [2.75, 3.05) is 33.3 Å². The van der Waals surface area contributed by atoms with Gasteiger partial charge in [-0.05, 0) is 17.2 Å². The van der Waals surface area contributed by atoms with Gasteiger partial charge in [-0.25, -0.2) is 0 Å². The molecule has 1 saturated heterocycles. The number of benzene rings is 2. The van der Waals surface area contributed by atoms with Crippen LogP contribution in [0, 0.1) is 0 Å². The summed E-state index contributed by atoms with van der Waals surface area (Å²) < 4.78 is 5.62. The van der Waals surface area contributed by atoms with Gasteiger partial charge in [0.1, 0.15) is 5.75 Å². The maximum atomic E-state index is 5.62. The normalized spacial score (nSPS) is 22.4. The van der Waals surface area contributed by atoms with Crippen molar-refractivity contribution < 1.29 is 4.74 Å². The lowest BCUT2D eigenvalue weighted by atomic mass is 9.80. The van der Waals surface area contributed by atoms with Gasteiger partial charge in [0.15, 0.2) is 0 Å². The highest BCUT2D eigenvalue weighted by Gasteiger charge is 2.35. The fourth-order valence-electron chi connectivity index (χ4n) is 3.96. The molecule has 130 valence electrons. The number of hydrogen-bond donors (Lipinski definition) is 1. The molecule has 1 fully saturated rings. The summed E-state index contributed by atoms with van der Waals surface area (Å²) in [6.45, 7) is 4.32. The highest BCUT2D eigenvalue weighted by molar-refractivity contribution is 5.85. The average Bonchev–Trinajstić information content (AvgIpc) is 2.61. The number of fused-ring (bicyclic) bond motifs is 3. The molecule has 0 amide bonds. The van der Waals surface area contributed by atoms with Gasteiger partial charge in [0.05, 0.1) is 7.11 Å². The van der Waals surface area contributed by atoms with E-state index in [0.29, 0.717) is 12.0 Å². The Morgan fingerprint density at radius 1 is 0.958 bits per heavy atom. The molecule has 0 radical (unpaired) electrons. The Bertz CT molecular complexity index is 680. The second-order valence-electron chi connectivity index (χ2n) is 6.14. The molecule has 0 aromatic heterocycles. The largest absolute Gasteiger partial charge is 0.496 e. The van der Waals surface area contributed by atoms with E-state index in [4.69, 9.17) is 4.74 Å². The maximum absolute atomic E-state index is 5.62. The summed E-state index contributed by atoms with van der Waals surface area (Å²) in [5.74, 6) is 1.39. The highest BCUT2D eigenvalue weighted by Crippen LogP contribution is 2.42. The van der Waals surface area contributed by atoms with Crippen molar-refractivity contribution in [3.8, 4) is 5.75 Å². The average molecular weight is 367 g/mol. The number of para-hydroxylation sites is 1. The molecule has 2 aromatic rings. The molecule has 1 N–H and O–H groups in total. The lowest BCUT2D eigenvalue weighted by Crippen LogP contribution is -2.50. The zero-order chi connectivity index (χ0) is 14.9. The second-order valence-corrected chi connectivity index (χ2v) is 6.14. The molecule has 4 rings (SSSR count). The summed E-state index contributed by atoms with van der Waals surface area (Å²) in [6, 6.07) is 17.9. The predicted octanol–water partition coefficient (Wildman–Crippen LogP) is 3.63. The van der Waals surface area contributed by atoms with E-state index in [1.807, 2.05) is 6.07 Å². The van der Waals surface area contributed by atoms with Crippen LogP contribution in [0.15, 0.2) is 48.5 Å². The third kappa shape index (κ3) is 3.27. The SMILES string of the molecule is COc1ccccc1[C@@H]1CN2CCNC[C@@H]2c2ccccc21.Cl.Cl. The van der Waals surface area contributed by atoms with Gasteiger partial charge in [0.25, 0.3) is 0 Å². The molecule has 2 aliphatic rings. The summed E-state index contributed by atoms with van der Waals surface area (Å²) in [5, 5.41) is 3.54. The summed E-state index contributed by atoms with van der Waals surface area (Å²) in [7, 11) is 1.77. The molecule has 0 spiro atoms. The van der Waals surface area contributed by atoms with Crippen LogP contribution < -0.4 is 10.1 Å². The summed E-state index contributed by atoms with van der Waals surface area (Å²) in [4.78, 5) is 2.62. The zero-order valence-electron chi connectivity index (χ0n) is 13.8. The van der Waals surface area contributed by atoms with E-state index in [-0.39, 0.29) is 24.8 Å². The van der Waals surface area contributed by atoms with Gasteiger partial charge < -0.3 is 10.1 Å². The van der Waals surface area contributed by atoms with Crippen molar-refractivity contribution in [3.63, 3.8) is 0 Å². The van der Waals surface area contributed by atoms with Crippen molar-refractivity contribution in [1.82, 2.24) is 10.2 Å². The molecule has 0 bridgehead atoms. The van der Waals surface area contributed by atoms with Crippen molar-refractivity contribution >= 4 is 24.8 Å².